The molecule has 1 aliphatic rings. The number of aliphatic hydroxyl groups excluding tert-OH is 1. The van der Waals surface area contributed by atoms with Gasteiger partial charge in [0.05, 0.1) is 6.61 Å². The molecule has 0 aromatic heterocycles. The Labute approximate surface area is 56.8 Å². The number of aliphatic hydroxyl groups is 1. The molecule has 0 aromatic rings. The van der Waals surface area contributed by atoms with E-state index in [2.05, 4.69) is 10.1 Å². The first kappa shape index (κ1) is 6.80. The van der Waals surface area contributed by atoms with Crippen molar-refractivity contribution in [3.8, 4) is 0 Å². The summed E-state index contributed by atoms with van der Waals surface area (Å²) in [6.07, 6.45) is 0. The Hall–Kier alpha value is -0.320. The van der Waals surface area contributed by atoms with Gasteiger partial charge in [0.25, 0.3) is 0 Å². The molecule has 0 amide bonds. The summed E-state index contributed by atoms with van der Waals surface area (Å²) < 4.78 is 4.42. The number of carbonyl (C=O) groups excluding carboxylic acids is 1. The van der Waals surface area contributed by atoms with Crippen molar-refractivity contribution in [1.82, 2.24) is 5.32 Å². The number of cyclic esters (lactones) is 1. The van der Waals surface area contributed by atoms with Gasteiger partial charge in [-0.1, -0.05) is 11.6 Å². The van der Waals surface area contributed by atoms with E-state index in [-0.39, 0.29) is 6.61 Å². The number of esters is 1. The van der Waals surface area contributed by atoms with Gasteiger partial charge in [0, 0.05) is 0 Å². The Morgan fingerprint density at radius 1 is 1.89 bits per heavy atom. The van der Waals surface area contributed by atoms with Crippen LogP contribution in [0.2, 0.25) is 0 Å². The van der Waals surface area contributed by atoms with E-state index in [1.807, 2.05) is 0 Å². The fourth-order valence-electron chi connectivity index (χ4n) is 0.572. The van der Waals surface area contributed by atoms with Gasteiger partial charge in [-0.05, 0) is 0 Å². The minimum absolute atomic E-state index is 0.276. The molecule has 0 unspecified atom stereocenters. The molecule has 0 aromatic carbocycles. The number of nitrogens with one attached hydrogen (secondary N) is 1. The average Bonchev–Trinajstić information content (AvgIpc) is 2.10. The quantitative estimate of drug-likeness (QED) is 0.287. The highest BCUT2D eigenvalue weighted by atomic mass is 35.5. The second-order valence-corrected chi connectivity index (χ2v) is 2.05. The van der Waals surface area contributed by atoms with Crippen molar-refractivity contribution in [3.05, 3.63) is 0 Å². The summed E-state index contributed by atoms with van der Waals surface area (Å²) >= 11 is 5.32. The highest BCUT2D eigenvalue weighted by Crippen LogP contribution is 2.06. The molecular weight excluding hydrogens is 146 g/mol. The van der Waals surface area contributed by atoms with Gasteiger partial charge in [-0.2, -0.15) is 0 Å². The number of rotatable bonds is 1. The minimum Gasteiger partial charge on any atom is -0.431 e. The maximum Gasteiger partial charge on any atom is 0.328 e. The van der Waals surface area contributed by atoms with E-state index in [4.69, 9.17) is 16.7 Å². The highest BCUT2D eigenvalue weighted by Gasteiger charge is 2.31. The average molecular weight is 152 g/mol. The van der Waals surface area contributed by atoms with Crippen molar-refractivity contribution >= 4 is 17.6 Å². The van der Waals surface area contributed by atoms with Crippen molar-refractivity contribution in [3.63, 3.8) is 0 Å². The lowest BCUT2D eigenvalue weighted by Crippen LogP contribution is -2.32. The standard InChI is InChI=1S/C4H6ClNO3/c5-4-6-2(1-7)3(8)9-4/h2,4,6-7H,1H2/t2-,4+/m0/s1. The van der Waals surface area contributed by atoms with Crippen LogP contribution < -0.4 is 5.32 Å². The van der Waals surface area contributed by atoms with Crippen molar-refractivity contribution in [1.29, 1.82) is 0 Å². The Bertz CT molecular complexity index is 129. The van der Waals surface area contributed by atoms with E-state index in [0.717, 1.165) is 0 Å². The lowest BCUT2D eigenvalue weighted by molar-refractivity contribution is -0.140. The van der Waals surface area contributed by atoms with Gasteiger partial charge in [-0.15, -0.1) is 0 Å². The third-order valence-electron chi connectivity index (χ3n) is 1.02. The maximum atomic E-state index is 10.5. The lowest BCUT2D eigenvalue weighted by atomic mass is 10.3. The molecular formula is C4H6ClNO3. The first-order chi connectivity index (χ1) is 4.24. The molecule has 2 atom stereocenters. The molecule has 0 radical (unpaired) electrons. The summed E-state index contributed by atoms with van der Waals surface area (Å²) in [6.45, 7) is -0.276. The molecule has 1 heterocycles. The molecule has 5 heteroatoms. The summed E-state index contributed by atoms with van der Waals surface area (Å²) in [5.74, 6) is -0.502. The first-order valence-corrected chi connectivity index (χ1v) is 2.89. The zero-order valence-electron chi connectivity index (χ0n) is 4.50. The fourth-order valence-corrected chi connectivity index (χ4v) is 0.811. The monoisotopic (exact) mass is 151 g/mol. The molecule has 52 valence electrons. The van der Waals surface area contributed by atoms with E-state index in [1.165, 1.54) is 0 Å². The van der Waals surface area contributed by atoms with Crippen LogP contribution in [0.4, 0.5) is 0 Å². The van der Waals surface area contributed by atoms with E-state index < -0.39 is 17.7 Å². The third-order valence-corrected chi connectivity index (χ3v) is 1.23. The summed E-state index contributed by atoms with van der Waals surface area (Å²) in [7, 11) is 0. The maximum absolute atomic E-state index is 10.5. The van der Waals surface area contributed by atoms with Gasteiger partial charge < -0.3 is 9.84 Å². The van der Waals surface area contributed by atoms with Crippen LogP contribution in [-0.4, -0.2) is 29.4 Å². The Morgan fingerprint density at radius 2 is 2.56 bits per heavy atom. The van der Waals surface area contributed by atoms with Crippen molar-refractivity contribution in [2.45, 2.75) is 11.7 Å². The predicted octanol–water partition coefficient (Wildman–Crippen LogP) is -0.984. The van der Waals surface area contributed by atoms with Crippen LogP contribution in [0.15, 0.2) is 0 Å². The zero-order valence-corrected chi connectivity index (χ0v) is 5.26. The molecule has 0 spiro atoms. The van der Waals surface area contributed by atoms with E-state index >= 15 is 0 Å². The number of carbonyl (C=O) groups is 1. The lowest BCUT2D eigenvalue weighted by Gasteiger charge is -1.97. The van der Waals surface area contributed by atoms with Crippen LogP contribution in [-0.2, 0) is 9.53 Å². The summed E-state index contributed by atoms with van der Waals surface area (Å²) in [5.41, 5.74) is -0.783. The highest BCUT2D eigenvalue weighted by molar-refractivity contribution is 6.20. The number of ether oxygens (including phenoxy) is 1. The molecule has 4 nitrogen and oxygen atoms in total. The number of halogens is 1. The number of alkyl halides is 1. The van der Waals surface area contributed by atoms with Gasteiger partial charge >= 0.3 is 5.97 Å². The number of hydrogen-bond donors (Lipinski definition) is 2. The van der Waals surface area contributed by atoms with Crippen molar-refractivity contribution < 1.29 is 14.6 Å². The van der Waals surface area contributed by atoms with E-state index in [9.17, 15) is 4.79 Å². The molecule has 1 rings (SSSR count). The predicted molar refractivity (Wildman–Crippen MR) is 29.7 cm³/mol. The number of hydrogen-bond acceptors (Lipinski definition) is 4. The fraction of sp³-hybridized carbons (Fsp3) is 0.750. The van der Waals surface area contributed by atoms with E-state index in [1.54, 1.807) is 0 Å². The van der Waals surface area contributed by atoms with Crippen LogP contribution in [0.3, 0.4) is 0 Å². The first-order valence-electron chi connectivity index (χ1n) is 2.45. The van der Waals surface area contributed by atoms with E-state index in [0.29, 0.717) is 0 Å². The van der Waals surface area contributed by atoms with Crippen LogP contribution in [0.5, 0.6) is 0 Å². The molecule has 0 bridgehead atoms. The SMILES string of the molecule is O=C1O[C@H](Cl)N[C@H]1CO. The Morgan fingerprint density at radius 3 is 2.78 bits per heavy atom. The normalized spacial score (nSPS) is 34.7. The second kappa shape index (κ2) is 2.51. The van der Waals surface area contributed by atoms with Gasteiger partial charge in [0.1, 0.15) is 6.04 Å². The molecule has 9 heavy (non-hydrogen) atoms. The molecule has 1 aliphatic heterocycles. The van der Waals surface area contributed by atoms with Crippen LogP contribution >= 0.6 is 11.6 Å². The van der Waals surface area contributed by atoms with Crippen molar-refractivity contribution in [2.75, 3.05) is 6.61 Å². The topological polar surface area (TPSA) is 58.6 Å². The van der Waals surface area contributed by atoms with Gasteiger partial charge in [-0.25, -0.2) is 0 Å². The summed E-state index contributed by atoms with van der Waals surface area (Å²) in [6, 6.07) is -0.646. The molecule has 1 saturated heterocycles. The van der Waals surface area contributed by atoms with Crippen molar-refractivity contribution in [2.24, 2.45) is 0 Å². The van der Waals surface area contributed by atoms with Crippen LogP contribution in [0.1, 0.15) is 0 Å². The van der Waals surface area contributed by atoms with Crippen LogP contribution in [0.25, 0.3) is 0 Å². The summed E-state index contributed by atoms with van der Waals surface area (Å²) in [5, 5.41) is 10.9. The molecule has 2 N–H and O–H groups in total. The smallest absolute Gasteiger partial charge is 0.328 e. The Kier molecular flexibility index (Phi) is 1.90. The van der Waals surface area contributed by atoms with Crippen LogP contribution in [0, 0.1) is 0 Å². The molecule has 0 aliphatic carbocycles. The van der Waals surface area contributed by atoms with Gasteiger partial charge in [0.15, 0.2) is 0 Å². The van der Waals surface area contributed by atoms with Gasteiger partial charge in [-0.3, -0.25) is 10.1 Å². The molecule has 1 fully saturated rings. The second-order valence-electron chi connectivity index (χ2n) is 1.65. The summed E-state index contributed by atoms with van der Waals surface area (Å²) in [4.78, 5) is 10.5. The minimum atomic E-state index is -0.783. The van der Waals surface area contributed by atoms with Gasteiger partial charge in [0.2, 0.25) is 5.69 Å². The Balaban J connectivity index is 2.48. The third kappa shape index (κ3) is 1.32. The largest absolute Gasteiger partial charge is 0.431 e. The molecule has 0 saturated carbocycles. The zero-order chi connectivity index (χ0) is 6.85.